The van der Waals surface area contributed by atoms with Crippen molar-refractivity contribution in [1.82, 2.24) is 0 Å². The molecule has 0 spiro atoms. The fourth-order valence-corrected chi connectivity index (χ4v) is 2.16. The molecule has 0 atom stereocenters. The first-order valence-corrected chi connectivity index (χ1v) is 5.93. The van der Waals surface area contributed by atoms with E-state index in [1.807, 2.05) is 0 Å². The van der Waals surface area contributed by atoms with Crippen molar-refractivity contribution < 1.29 is 13.9 Å². The number of carbonyl (C=O) groups is 1. The molecule has 2 rings (SSSR count). The third-order valence-corrected chi connectivity index (χ3v) is 3.38. The number of carbonyl (C=O) groups excluding carboxylic acids is 1. The van der Waals surface area contributed by atoms with Crippen LogP contribution in [0.15, 0.2) is 12.1 Å². The lowest BCUT2D eigenvalue weighted by atomic mass is 10.0. The topological polar surface area (TPSA) is 26.3 Å². The summed E-state index contributed by atoms with van der Waals surface area (Å²) in [5, 5.41) is 0.168. The summed E-state index contributed by atoms with van der Waals surface area (Å²) in [6, 6.07) is 2.50. The van der Waals surface area contributed by atoms with Crippen LogP contribution >= 0.6 is 43.5 Å². The molecule has 2 nitrogen and oxygen atoms in total. The number of benzene rings is 1. The fourth-order valence-electron chi connectivity index (χ4n) is 1.30. The maximum atomic E-state index is 13.4. The molecule has 1 aromatic carbocycles. The molecule has 1 aliphatic rings. The predicted molar refractivity (Wildman–Crippen MR) is 61.8 cm³/mol. The molecule has 80 valence electrons. The average Bonchev–Trinajstić information content (AvgIpc) is 2.12. The van der Waals surface area contributed by atoms with Gasteiger partial charge in [-0.3, -0.25) is 4.79 Å². The van der Waals surface area contributed by atoms with Gasteiger partial charge in [0.05, 0.1) is 5.56 Å². The molecule has 1 aliphatic heterocycles. The maximum absolute atomic E-state index is 13.4. The molecular formula is C9H4Br2ClFO2. The molecule has 0 saturated heterocycles. The van der Waals surface area contributed by atoms with Crippen molar-refractivity contribution in [2.75, 3.05) is 6.61 Å². The van der Waals surface area contributed by atoms with E-state index in [0.717, 1.165) is 6.07 Å². The first-order valence-electron chi connectivity index (χ1n) is 3.96. The normalized spacial score (nSPS) is 18.3. The molecule has 6 heteroatoms. The lowest BCUT2D eigenvalue weighted by molar-refractivity contribution is 0.0929. The number of Topliss-reactive ketones (excluding diaryl/α,β-unsaturated/α-hetero) is 1. The van der Waals surface area contributed by atoms with Crippen LogP contribution in [-0.2, 0) is 0 Å². The van der Waals surface area contributed by atoms with Gasteiger partial charge in [-0.2, -0.15) is 0 Å². The Bertz CT molecular complexity index is 448. The quantitative estimate of drug-likeness (QED) is 0.663. The van der Waals surface area contributed by atoms with Gasteiger partial charge in [0.15, 0.2) is 20.6 Å². The van der Waals surface area contributed by atoms with Gasteiger partial charge >= 0.3 is 0 Å². The number of halogens is 4. The molecule has 1 heterocycles. The Balaban J connectivity index is 2.62. The van der Waals surface area contributed by atoms with Crippen molar-refractivity contribution in [3.63, 3.8) is 0 Å². The van der Waals surface area contributed by atoms with Gasteiger partial charge < -0.3 is 4.74 Å². The molecule has 1 aromatic rings. The second-order valence-corrected chi connectivity index (χ2v) is 7.29. The highest BCUT2D eigenvalue weighted by Crippen LogP contribution is 2.40. The van der Waals surface area contributed by atoms with E-state index in [9.17, 15) is 9.18 Å². The number of alkyl halides is 2. The van der Waals surface area contributed by atoms with E-state index in [0.29, 0.717) is 0 Å². The molecule has 0 radical (unpaired) electrons. The summed E-state index contributed by atoms with van der Waals surface area (Å²) in [5.41, 5.74) is 0.139. The van der Waals surface area contributed by atoms with E-state index in [1.165, 1.54) is 6.07 Å². The monoisotopic (exact) mass is 356 g/mol. The Morgan fingerprint density at radius 1 is 1.47 bits per heavy atom. The molecule has 0 bridgehead atoms. The Labute approximate surface area is 107 Å². The van der Waals surface area contributed by atoms with Gasteiger partial charge in [-0.1, -0.05) is 43.5 Å². The molecule has 0 fully saturated rings. The minimum Gasteiger partial charge on any atom is -0.487 e. The molecule has 0 unspecified atom stereocenters. The van der Waals surface area contributed by atoms with E-state index < -0.39 is 9.05 Å². The summed E-state index contributed by atoms with van der Waals surface area (Å²) in [7, 11) is 0. The number of fused-ring (bicyclic) bond motifs is 1. The van der Waals surface area contributed by atoms with E-state index in [2.05, 4.69) is 31.9 Å². The van der Waals surface area contributed by atoms with Gasteiger partial charge in [0.2, 0.25) is 0 Å². The lowest BCUT2D eigenvalue weighted by Crippen LogP contribution is -2.36. The molecule has 0 N–H and O–H groups in total. The third-order valence-electron chi connectivity index (χ3n) is 1.98. The summed E-state index contributed by atoms with van der Waals surface area (Å²) < 4.78 is 17.5. The molecule has 0 saturated carbocycles. The van der Waals surface area contributed by atoms with Crippen LogP contribution in [0.25, 0.3) is 0 Å². The number of ketones is 1. The Kier molecular flexibility index (Phi) is 2.81. The zero-order valence-corrected chi connectivity index (χ0v) is 11.1. The lowest BCUT2D eigenvalue weighted by Gasteiger charge is -2.26. The van der Waals surface area contributed by atoms with Crippen LogP contribution in [0.1, 0.15) is 10.4 Å². The number of rotatable bonds is 0. The largest absolute Gasteiger partial charge is 0.487 e. The highest BCUT2D eigenvalue weighted by molar-refractivity contribution is 9.26. The summed E-state index contributed by atoms with van der Waals surface area (Å²) in [6.45, 7) is 0.0252. The fraction of sp³-hybridized carbons (Fsp3) is 0.222. The summed E-state index contributed by atoms with van der Waals surface area (Å²) >= 11 is 12.0. The first kappa shape index (κ1) is 11.4. The van der Waals surface area contributed by atoms with Crippen molar-refractivity contribution in [2.45, 2.75) is 3.23 Å². The van der Waals surface area contributed by atoms with Crippen LogP contribution in [0.5, 0.6) is 5.75 Å². The zero-order chi connectivity index (χ0) is 11.2. The minimum absolute atomic E-state index is 0.0252. The second-order valence-electron chi connectivity index (χ2n) is 3.09. The van der Waals surface area contributed by atoms with Gasteiger partial charge in [-0.05, 0) is 12.1 Å². The smallest absolute Gasteiger partial charge is 0.197 e. The minimum atomic E-state index is -0.996. The van der Waals surface area contributed by atoms with Crippen LogP contribution < -0.4 is 4.74 Å². The maximum Gasteiger partial charge on any atom is 0.197 e. The van der Waals surface area contributed by atoms with E-state index in [4.69, 9.17) is 16.3 Å². The zero-order valence-electron chi connectivity index (χ0n) is 7.19. The van der Waals surface area contributed by atoms with Crippen LogP contribution in [0.3, 0.4) is 0 Å². The van der Waals surface area contributed by atoms with Gasteiger partial charge in [0.1, 0.15) is 6.61 Å². The first-order chi connectivity index (χ1) is 6.92. The third kappa shape index (κ3) is 1.92. The number of hydrogen-bond acceptors (Lipinski definition) is 2. The standard InChI is InChI=1S/C9H4Br2ClFO2/c10-9(11)3-15-7-5(8(9)14)1-4(12)2-6(7)13/h1-2H,3H2. The second kappa shape index (κ2) is 3.71. The molecule has 0 amide bonds. The van der Waals surface area contributed by atoms with Crippen LogP contribution in [-0.4, -0.2) is 15.6 Å². The number of hydrogen-bond donors (Lipinski definition) is 0. The molecule has 15 heavy (non-hydrogen) atoms. The van der Waals surface area contributed by atoms with Gasteiger partial charge in [-0.25, -0.2) is 4.39 Å². The van der Waals surface area contributed by atoms with Crippen molar-refractivity contribution in [1.29, 1.82) is 0 Å². The van der Waals surface area contributed by atoms with Gasteiger partial charge in [0.25, 0.3) is 0 Å². The van der Waals surface area contributed by atoms with Crippen LogP contribution in [0.4, 0.5) is 4.39 Å². The van der Waals surface area contributed by atoms with E-state index in [1.54, 1.807) is 0 Å². The Hall–Kier alpha value is -0.130. The van der Waals surface area contributed by atoms with Crippen molar-refractivity contribution >= 4 is 49.2 Å². The number of ether oxygens (including phenoxy) is 1. The van der Waals surface area contributed by atoms with Gasteiger partial charge in [-0.15, -0.1) is 0 Å². The molecule has 0 aliphatic carbocycles. The predicted octanol–water partition coefficient (Wildman–Crippen LogP) is 3.54. The van der Waals surface area contributed by atoms with Crippen molar-refractivity contribution in [2.24, 2.45) is 0 Å². The van der Waals surface area contributed by atoms with Crippen LogP contribution in [0, 0.1) is 5.82 Å². The van der Waals surface area contributed by atoms with Gasteiger partial charge in [0, 0.05) is 5.02 Å². The molecule has 0 aromatic heterocycles. The van der Waals surface area contributed by atoms with Crippen molar-refractivity contribution in [3.8, 4) is 5.75 Å². The van der Waals surface area contributed by atoms with E-state index in [-0.39, 0.29) is 28.7 Å². The SMILES string of the molecule is O=C1c2cc(Cl)cc(F)c2OCC1(Br)Br. The van der Waals surface area contributed by atoms with Crippen LogP contribution in [0.2, 0.25) is 5.02 Å². The van der Waals surface area contributed by atoms with E-state index >= 15 is 0 Å². The highest BCUT2D eigenvalue weighted by atomic mass is 79.9. The summed E-state index contributed by atoms with van der Waals surface area (Å²) in [5.74, 6) is -0.967. The molecular weight excluding hydrogens is 354 g/mol. The Morgan fingerprint density at radius 3 is 2.80 bits per heavy atom. The average molecular weight is 358 g/mol. The Morgan fingerprint density at radius 2 is 2.13 bits per heavy atom. The highest BCUT2D eigenvalue weighted by Gasteiger charge is 2.41. The summed E-state index contributed by atoms with van der Waals surface area (Å²) in [4.78, 5) is 11.8. The van der Waals surface area contributed by atoms with Crippen molar-refractivity contribution in [3.05, 3.63) is 28.5 Å². The summed E-state index contributed by atoms with van der Waals surface area (Å²) in [6.07, 6.45) is 0.